The van der Waals surface area contributed by atoms with Crippen LogP contribution >= 0.6 is 0 Å². The van der Waals surface area contributed by atoms with E-state index in [1.165, 1.54) is 19.9 Å². The number of benzene rings is 1. The highest BCUT2D eigenvalue weighted by molar-refractivity contribution is 5.80. The Morgan fingerprint density at radius 1 is 1.33 bits per heavy atom. The average Bonchev–Trinajstić information content (AvgIpc) is 2.19. The molecule has 1 rings (SSSR count). The number of hydrogen-bond acceptors (Lipinski definition) is 5. The maximum atomic E-state index is 11.1. The van der Waals surface area contributed by atoms with Crippen molar-refractivity contribution in [1.82, 2.24) is 0 Å². The van der Waals surface area contributed by atoms with Gasteiger partial charge in [-0.15, -0.1) is 0 Å². The molecule has 0 bridgehead atoms. The van der Waals surface area contributed by atoms with Crippen LogP contribution in [0, 0.1) is 17.0 Å². The van der Waals surface area contributed by atoms with Crippen LogP contribution in [0.3, 0.4) is 0 Å². The van der Waals surface area contributed by atoms with Gasteiger partial charge in [-0.25, -0.2) is 0 Å². The minimum absolute atomic E-state index is 0.0114. The summed E-state index contributed by atoms with van der Waals surface area (Å²) in [4.78, 5) is 32.3. The summed E-state index contributed by atoms with van der Waals surface area (Å²) in [6, 6.07) is 2.67. The van der Waals surface area contributed by atoms with Crippen molar-refractivity contribution in [2.75, 3.05) is 0 Å². The number of nitro benzene ring substituents is 1. The van der Waals surface area contributed by atoms with Crippen molar-refractivity contribution in [2.45, 2.75) is 27.2 Å². The normalized spacial score (nSPS) is 9.94. The van der Waals surface area contributed by atoms with Gasteiger partial charge in [0.1, 0.15) is 11.5 Å². The van der Waals surface area contributed by atoms with Gasteiger partial charge in [0.15, 0.2) is 0 Å². The Kier molecular flexibility index (Phi) is 4.14. The molecule has 1 aromatic carbocycles. The fraction of sp³-hybridized carbons (Fsp3) is 0.333. The van der Waals surface area contributed by atoms with Crippen LogP contribution in [0.1, 0.15) is 25.0 Å². The molecular formula is C12H13NO5. The summed E-state index contributed by atoms with van der Waals surface area (Å²) in [6.45, 7) is 4.21. The molecule has 6 nitrogen and oxygen atoms in total. The Morgan fingerprint density at radius 2 is 1.94 bits per heavy atom. The van der Waals surface area contributed by atoms with E-state index in [9.17, 15) is 19.7 Å². The lowest BCUT2D eigenvalue weighted by Gasteiger charge is -2.08. The molecule has 1 aromatic rings. The van der Waals surface area contributed by atoms with Crippen molar-refractivity contribution in [3.63, 3.8) is 0 Å². The molecule has 96 valence electrons. The molecule has 0 aromatic heterocycles. The second kappa shape index (κ2) is 5.39. The third kappa shape index (κ3) is 3.38. The van der Waals surface area contributed by atoms with Gasteiger partial charge in [-0.3, -0.25) is 19.7 Å². The third-order valence-corrected chi connectivity index (χ3v) is 2.31. The number of esters is 1. The zero-order chi connectivity index (χ0) is 13.9. The smallest absolute Gasteiger partial charge is 0.308 e. The van der Waals surface area contributed by atoms with Crippen molar-refractivity contribution in [3.8, 4) is 5.75 Å². The van der Waals surface area contributed by atoms with Gasteiger partial charge < -0.3 is 4.74 Å². The Bertz CT molecular complexity index is 521. The molecule has 18 heavy (non-hydrogen) atoms. The monoisotopic (exact) mass is 251 g/mol. The number of ketones is 1. The number of rotatable bonds is 4. The fourth-order valence-electron chi connectivity index (χ4n) is 1.63. The summed E-state index contributed by atoms with van der Waals surface area (Å²) in [6.07, 6.45) is -0.0114. The first-order valence-electron chi connectivity index (χ1n) is 5.27. The highest BCUT2D eigenvalue weighted by atomic mass is 16.6. The number of Topliss-reactive ketones (excluding diaryl/α,β-unsaturated/α-hetero) is 1. The van der Waals surface area contributed by atoms with E-state index in [0.717, 1.165) is 6.07 Å². The quantitative estimate of drug-likeness (QED) is 0.353. The van der Waals surface area contributed by atoms with E-state index in [-0.39, 0.29) is 23.6 Å². The van der Waals surface area contributed by atoms with E-state index >= 15 is 0 Å². The number of hydrogen-bond donors (Lipinski definition) is 0. The lowest BCUT2D eigenvalue weighted by molar-refractivity contribution is -0.385. The zero-order valence-electron chi connectivity index (χ0n) is 10.4. The second-order valence-electron chi connectivity index (χ2n) is 3.97. The second-order valence-corrected chi connectivity index (χ2v) is 3.97. The van der Waals surface area contributed by atoms with Gasteiger partial charge in [0, 0.05) is 18.9 Å². The SMILES string of the molecule is CC(=O)Cc1c(C)cc(OC(C)=O)cc1[N+](=O)[O-]. The topological polar surface area (TPSA) is 86.5 Å². The van der Waals surface area contributed by atoms with Crippen molar-refractivity contribution in [1.29, 1.82) is 0 Å². The van der Waals surface area contributed by atoms with Crippen LogP contribution in [0.2, 0.25) is 0 Å². The summed E-state index contributed by atoms with van der Waals surface area (Å²) in [5, 5.41) is 10.9. The maximum Gasteiger partial charge on any atom is 0.308 e. The Morgan fingerprint density at radius 3 is 2.39 bits per heavy atom. The van der Waals surface area contributed by atoms with Crippen LogP contribution in [0.25, 0.3) is 0 Å². The first-order valence-corrected chi connectivity index (χ1v) is 5.27. The van der Waals surface area contributed by atoms with Crippen LogP contribution in [0.5, 0.6) is 5.75 Å². The summed E-state index contributed by atoms with van der Waals surface area (Å²) < 4.78 is 4.82. The maximum absolute atomic E-state index is 11.1. The van der Waals surface area contributed by atoms with Crippen molar-refractivity contribution in [3.05, 3.63) is 33.4 Å². The molecule has 0 fully saturated rings. The molecule has 0 radical (unpaired) electrons. The summed E-state index contributed by atoms with van der Waals surface area (Å²) in [7, 11) is 0. The molecule has 0 spiro atoms. The predicted molar refractivity (Wildman–Crippen MR) is 63.5 cm³/mol. The van der Waals surface area contributed by atoms with E-state index in [1.807, 2.05) is 0 Å². The van der Waals surface area contributed by atoms with Gasteiger partial charge in [-0.05, 0) is 25.5 Å². The number of nitrogens with zero attached hydrogens (tertiary/aromatic N) is 1. The molecule has 0 heterocycles. The van der Waals surface area contributed by atoms with E-state index in [0.29, 0.717) is 11.1 Å². The molecule has 0 saturated heterocycles. The Hall–Kier alpha value is -2.24. The summed E-state index contributed by atoms with van der Waals surface area (Å²) >= 11 is 0. The molecule has 0 unspecified atom stereocenters. The van der Waals surface area contributed by atoms with E-state index in [2.05, 4.69) is 0 Å². The minimum atomic E-state index is -0.585. The van der Waals surface area contributed by atoms with Crippen LogP contribution in [-0.4, -0.2) is 16.7 Å². The van der Waals surface area contributed by atoms with Gasteiger partial charge in [0.25, 0.3) is 5.69 Å². The minimum Gasteiger partial charge on any atom is -0.426 e. The molecule has 0 aliphatic rings. The molecular weight excluding hydrogens is 238 g/mol. The molecule has 0 N–H and O–H groups in total. The lowest BCUT2D eigenvalue weighted by Crippen LogP contribution is -2.07. The zero-order valence-corrected chi connectivity index (χ0v) is 10.4. The highest BCUT2D eigenvalue weighted by Gasteiger charge is 2.20. The van der Waals surface area contributed by atoms with Crippen molar-refractivity contribution in [2.24, 2.45) is 0 Å². The highest BCUT2D eigenvalue weighted by Crippen LogP contribution is 2.29. The number of carbonyl (C=O) groups is 2. The fourth-order valence-corrected chi connectivity index (χ4v) is 1.63. The Labute approximate surface area is 104 Å². The van der Waals surface area contributed by atoms with E-state index in [4.69, 9.17) is 4.74 Å². The molecule has 0 atom stereocenters. The largest absolute Gasteiger partial charge is 0.426 e. The van der Waals surface area contributed by atoms with Crippen LogP contribution in [0.15, 0.2) is 12.1 Å². The van der Waals surface area contributed by atoms with Crippen molar-refractivity contribution < 1.29 is 19.2 Å². The van der Waals surface area contributed by atoms with Crippen molar-refractivity contribution >= 4 is 17.4 Å². The van der Waals surface area contributed by atoms with Gasteiger partial charge in [-0.2, -0.15) is 0 Å². The van der Waals surface area contributed by atoms with Gasteiger partial charge in [-0.1, -0.05) is 0 Å². The third-order valence-electron chi connectivity index (χ3n) is 2.31. The first kappa shape index (κ1) is 13.8. The van der Waals surface area contributed by atoms with Crippen LogP contribution < -0.4 is 4.74 Å². The lowest BCUT2D eigenvalue weighted by atomic mass is 10.0. The van der Waals surface area contributed by atoms with Gasteiger partial charge >= 0.3 is 5.97 Å². The molecule has 0 saturated carbocycles. The first-order chi connectivity index (χ1) is 8.31. The number of ether oxygens (including phenoxy) is 1. The number of carbonyl (C=O) groups excluding carboxylic acids is 2. The van der Waals surface area contributed by atoms with Crippen LogP contribution in [0.4, 0.5) is 5.69 Å². The summed E-state index contributed by atoms with van der Waals surface area (Å²) in [5.74, 6) is -0.608. The molecule has 0 amide bonds. The number of aryl methyl sites for hydroxylation is 1. The molecule has 6 heteroatoms. The predicted octanol–water partition coefficient (Wildman–Crippen LogP) is 1.96. The Balaban J connectivity index is 3.30. The van der Waals surface area contributed by atoms with Gasteiger partial charge in [0.2, 0.25) is 0 Å². The van der Waals surface area contributed by atoms with Gasteiger partial charge in [0.05, 0.1) is 11.0 Å². The standard InChI is InChI=1S/C12H13NO5/c1-7-4-10(18-9(3)15)6-12(13(16)17)11(7)5-8(2)14/h4,6H,5H2,1-3H3. The summed E-state index contributed by atoms with van der Waals surface area (Å²) in [5.41, 5.74) is 0.695. The molecule has 0 aliphatic carbocycles. The molecule has 0 aliphatic heterocycles. The van der Waals surface area contributed by atoms with Crippen LogP contribution in [-0.2, 0) is 16.0 Å². The van der Waals surface area contributed by atoms with E-state index in [1.54, 1.807) is 6.92 Å². The van der Waals surface area contributed by atoms with E-state index < -0.39 is 10.9 Å². The number of nitro groups is 1. The average molecular weight is 251 g/mol.